The topological polar surface area (TPSA) is 74.7 Å². The van der Waals surface area contributed by atoms with Gasteiger partial charge in [-0.2, -0.15) is 5.10 Å². The van der Waals surface area contributed by atoms with E-state index in [0.717, 1.165) is 15.7 Å². The van der Waals surface area contributed by atoms with Crippen LogP contribution in [0.25, 0.3) is 0 Å². The van der Waals surface area contributed by atoms with Crippen molar-refractivity contribution in [3.8, 4) is 11.5 Å². The fraction of sp³-hybridized carbons (Fsp3) is 0.200. The monoisotopic (exact) mass is 364 g/mol. The number of nitrogen functional groups attached to an aromatic ring is 1. The third-order valence-corrected chi connectivity index (χ3v) is 3.48. The van der Waals surface area contributed by atoms with E-state index < -0.39 is 0 Å². The molecule has 6 nitrogen and oxygen atoms in total. The van der Waals surface area contributed by atoms with Crippen LogP contribution in [0.1, 0.15) is 11.3 Å². The summed E-state index contributed by atoms with van der Waals surface area (Å²) in [6, 6.07) is 3.65. The van der Waals surface area contributed by atoms with Crippen molar-refractivity contribution in [1.29, 1.82) is 0 Å². The first kappa shape index (κ1) is 16.1. The number of rotatable bonds is 6. The van der Waals surface area contributed by atoms with Gasteiger partial charge < -0.3 is 15.2 Å². The van der Waals surface area contributed by atoms with Crippen LogP contribution in [-0.4, -0.2) is 29.6 Å². The van der Waals surface area contributed by atoms with Crippen LogP contribution in [0.15, 0.2) is 40.6 Å². The van der Waals surface area contributed by atoms with E-state index in [4.69, 9.17) is 15.2 Å². The largest absolute Gasteiger partial charge is 0.493 e. The standard InChI is InChI=1S/C15H17BrN4O2/c1-4-5-22-14-7-12(16)11(6-13(14)21-3)8-18-20-9-10(2)19-15(20)17/h4,6-9H,1,5H2,2-3H3,(H2,17,19). The maximum absolute atomic E-state index is 5.75. The Morgan fingerprint density at radius 3 is 2.82 bits per heavy atom. The highest BCUT2D eigenvalue weighted by Gasteiger charge is 2.09. The predicted octanol–water partition coefficient (Wildman–Crippen LogP) is 2.99. The molecular formula is C15H17BrN4O2. The lowest BCUT2D eigenvalue weighted by atomic mass is 10.2. The molecule has 0 saturated carbocycles. The quantitative estimate of drug-likeness (QED) is 0.631. The Kier molecular flexibility index (Phi) is 5.21. The molecule has 0 unspecified atom stereocenters. The minimum Gasteiger partial charge on any atom is -0.493 e. The van der Waals surface area contributed by atoms with Gasteiger partial charge in [-0.1, -0.05) is 12.7 Å². The van der Waals surface area contributed by atoms with Crippen molar-refractivity contribution in [3.05, 3.63) is 46.7 Å². The maximum Gasteiger partial charge on any atom is 0.221 e. The average molecular weight is 365 g/mol. The number of benzene rings is 1. The summed E-state index contributed by atoms with van der Waals surface area (Å²) in [6.07, 6.45) is 5.09. The van der Waals surface area contributed by atoms with E-state index >= 15 is 0 Å². The summed E-state index contributed by atoms with van der Waals surface area (Å²) < 4.78 is 13.2. The number of imidazole rings is 1. The molecule has 0 fully saturated rings. The van der Waals surface area contributed by atoms with E-state index in [0.29, 0.717) is 24.1 Å². The molecule has 0 amide bonds. The number of methoxy groups -OCH3 is 1. The van der Waals surface area contributed by atoms with Gasteiger partial charge in [0.2, 0.25) is 5.95 Å². The number of nitrogens with zero attached hydrogens (tertiary/aromatic N) is 3. The van der Waals surface area contributed by atoms with Gasteiger partial charge in [0.1, 0.15) is 6.61 Å². The maximum atomic E-state index is 5.75. The molecule has 2 aromatic rings. The van der Waals surface area contributed by atoms with Crippen molar-refractivity contribution in [1.82, 2.24) is 9.66 Å². The Bertz CT molecular complexity index is 710. The number of aryl methyl sites for hydroxylation is 1. The van der Waals surface area contributed by atoms with Crippen LogP contribution < -0.4 is 15.2 Å². The summed E-state index contributed by atoms with van der Waals surface area (Å²) in [4.78, 5) is 4.09. The van der Waals surface area contributed by atoms with Gasteiger partial charge >= 0.3 is 0 Å². The van der Waals surface area contributed by atoms with Crippen LogP contribution in [0.3, 0.4) is 0 Å². The average Bonchev–Trinajstić information content (AvgIpc) is 2.81. The van der Waals surface area contributed by atoms with Gasteiger partial charge in [-0.25, -0.2) is 9.66 Å². The summed E-state index contributed by atoms with van der Waals surface area (Å²) in [5.74, 6) is 1.58. The summed E-state index contributed by atoms with van der Waals surface area (Å²) in [7, 11) is 1.59. The summed E-state index contributed by atoms with van der Waals surface area (Å²) in [5.41, 5.74) is 7.38. The first-order valence-electron chi connectivity index (χ1n) is 6.52. The third-order valence-electron chi connectivity index (χ3n) is 2.80. The lowest BCUT2D eigenvalue weighted by molar-refractivity contribution is 0.326. The van der Waals surface area contributed by atoms with Crippen LogP contribution in [0, 0.1) is 6.92 Å². The van der Waals surface area contributed by atoms with E-state index in [9.17, 15) is 0 Å². The number of hydrogen-bond donors (Lipinski definition) is 1. The normalized spacial score (nSPS) is 10.9. The van der Waals surface area contributed by atoms with Crippen LogP contribution in [-0.2, 0) is 0 Å². The van der Waals surface area contributed by atoms with E-state index in [1.54, 1.807) is 25.6 Å². The van der Waals surface area contributed by atoms with Crippen LogP contribution in [0.5, 0.6) is 11.5 Å². The van der Waals surface area contributed by atoms with Gasteiger partial charge in [-0.05, 0) is 35.0 Å². The van der Waals surface area contributed by atoms with Crippen LogP contribution in [0.4, 0.5) is 5.95 Å². The number of halogens is 1. The fourth-order valence-corrected chi connectivity index (χ4v) is 2.22. The Hall–Kier alpha value is -2.28. The molecule has 1 heterocycles. The summed E-state index contributed by atoms with van der Waals surface area (Å²) in [5, 5.41) is 4.29. The SMILES string of the molecule is C=CCOc1cc(Br)c(C=Nn2cc(C)nc2N)cc1OC. The Labute approximate surface area is 137 Å². The van der Waals surface area contributed by atoms with Crippen molar-refractivity contribution in [2.24, 2.45) is 5.10 Å². The molecule has 22 heavy (non-hydrogen) atoms. The second-order valence-corrected chi connectivity index (χ2v) is 5.31. The minimum atomic E-state index is 0.336. The number of hydrogen-bond acceptors (Lipinski definition) is 5. The minimum absolute atomic E-state index is 0.336. The molecule has 0 bridgehead atoms. The highest BCUT2D eigenvalue weighted by atomic mass is 79.9. The molecule has 2 N–H and O–H groups in total. The molecule has 1 aromatic heterocycles. The van der Waals surface area contributed by atoms with E-state index in [-0.39, 0.29) is 0 Å². The molecule has 0 atom stereocenters. The molecule has 0 aliphatic heterocycles. The van der Waals surface area contributed by atoms with E-state index in [1.165, 1.54) is 4.68 Å². The lowest BCUT2D eigenvalue weighted by Crippen LogP contribution is -1.99. The van der Waals surface area contributed by atoms with Gasteiger partial charge in [0, 0.05) is 10.0 Å². The molecular weight excluding hydrogens is 348 g/mol. The number of aromatic nitrogens is 2. The zero-order valence-electron chi connectivity index (χ0n) is 12.4. The molecule has 7 heteroatoms. The van der Waals surface area contributed by atoms with Gasteiger partial charge in [0.25, 0.3) is 0 Å². The van der Waals surface area contributed by atoms with Gasteiger partial charge in [0.15, 0.2) is 11.5 Å². The third kappa shape index (κ3) is 3.67. The smallest absolute Gasteiger partial charge is 0.221 e. The van der Waals surface area contributed by atoms with E-state index in [1.807, 2.05) is 19.1 Å². The van der Waals surface area contributed by atoms with Crippen molar-refractivity contribution in [3.63, 3.8) is 0 Å². The van der Waals surface area contributed by atoms with Gasteiger partial charge in [-0.3, -0.25) is 0 Å². The fourth-order valence-electron chi connectivity index (χ4n) is 1.79. The molecule has 0 spiro atoms. The summed E-state index contributed by atoms with van der Waals surface area (Å²) in [6.45, 7) is 5.88. The van der Waals surface area contributed by atoms with Crippen molar-refractivity contribution in [2.75, 3.05) is 19.5 Å². The summed E-state index contributed by atoms with van der Waals surface area (Å²) >= 11 is 3.49. The highest BCUT2D eigenvalue weighted by molar-refractivity contribution is 9.10. The van der Waals surface area contributed by atoms with Crippen LogP contribution in [0.2, 0.25) is 0 Å². The first-order chi connectivity index (χ1) is 10.5. The Morgan fingerprint density at radius 2 is 2.23 bits per heavy atom. The number of anilines is 1. The van der Waals surface area contributed by atoms with Crippen molar-refractivity contribution in [2.45, 2.75) is 6.92 Å². The first-order valence-corrected chi connectivity index (χ1v) is 7.31. The zero-order valence-corrected chi connectivity index (χ0v) is 14.0. The second kappa shape index (κ2) is 7.13. The number of nitrogens with two attached hydrogens (primary N) is 1. The second-order valence-electron chi connectivity index (χ2n) is 4.45. The predicted molar refractivity (Wildman–Crippen MR) is 90.8 cm³/mol. The Balaban J connectivity index is 2.31. The Morgan fingerprint density at radius 1 is 1.45 bits per heavy atom. The van der Waals surface area contributed by atoms with Gasteiger partial charge in [0.05, 0.1) is 25.2 Å². The van der Waals surface area contributed by atoms with E-state index in [2.05, 4.69) is 32.6 Å². The molecule has 0 radical (unpaired) electrons. The lowest BCUT2D eigenvalue weighted by Gasteiger charge is -2.11. The molecule has 1 aromatic carbocycles. The number of ether oxygens (including phenoxy) is 2. The van der Waals surface area contributed by atoms with Crippen LogP contribution >= 0.6 is 15.9 Å². The molecule has 2 rings (SSSR count). The molecule has 116 valence electrons. The molecule has 0 aliphatic carbocycles. The zero-order chi connectivity index (χ0) is 16.1. The molecule has 0 saturated heterocycles. The molecule has 0 aliphatic rings. The highest BCUT2D eigenvalue weighted by Crippen LogP contribution is 2.33. The van der Waals surface area contributed by atoms with Crippen molar-refractivity contribution >= 4 is 28.1 Å². The van der Waals surface area contributed by atoms with Gasteiger partial charge in [-0.15, -0.1) is 0 Å². The van der Waals surface area contributed by atoms with Crippen molar-refractivity contribution < 1.29 is 9.47 Å².